The van der Waals surface area contributed by atoms with Crippen molar-refractivity contribution in [2.45, 2.75) is 0 Å². The van der Waals surface area contributed by atoms with E-state index in [1.807, 2.05) is 60.7 Å². The zero-order valence-corrected chi connectivity index (χ0v) is 18.2. The van der Waals surface area contributed by atoms with E-state index in [4.69, 9.17) is 0 Å². The molecule has 6 rings (SSSR count). The number of hydrogen-bond donors (Lipinski definition) is 0. The third-order valence-corrected chi connectivity index (χ3v) is 6.44. The van der Waals surface area contributed by atoms with E-state index in [-0.39, 0.29) is 0 Å². The van der Waals surface area contributed by atoms with Gasteiger partial charge in [0.1, 0.15) is 0 Å². The summed E-state index contributed by atoms with van der Waals surface area (Å²) in [5, 5.41) is 6.91. The van der Waals surface area contributed by atoms with Gasteiger partial charge in [0, 0.05) is 0 Å². The summed E-state index contributed by atoms with van der Waals surface area (Å²) in [5.74, 6) is 0. The molecule has 0 aliphatic heterocycles. The van der Waals surface area contributed by atoms with Crippen molar-refractivity contribution in [1.82, 2.24) is 0 Å². The molecule has 0 aromatic heterocycles. The van der Waals surface area contributed by atoms with Gasteiger partial charge in [-0.1, -0.05) is 72.8 Å². The Morgan fingerprint density at radius 2 is 1.03 bits per heavy atom. The molecular formula is C30H18N4. The molecule has 0 aliphatic carbocycles. The fourth-order valence-electron chi connectivity index (χ4n) is 4.90. The van der Waals surface area contributed by atoms with Crippen LogP contribution >= 0.6 is 0 Å². The quantitative estimate of drug-likeness (QED) is 0.128. The summed E-state index contributed by atoms with van der Waals surface area (Å²) in [6.45, 7) is 0. The second-order valence-corrected chi connectivity index (χ2v) is 8.31. The standard InChI is InChI=1S/C30H18N4/c31-33-29(22-6-2-1-3-7-22)23-10-5-11-24(18-23)30(34-32)26-17-15-21-13-12-19-8-4-9-20-14-16-25(26)28(21)27(19)20/h1-18H. The van der Waals surface area contributed by atoms with Gasteiger partial charge < -0.3 is 11.1 Å². The van der Waals surface area contributed by atoms with Crippen LogP contribution < -0.4 is 0 Å². The van der Waals surface area contributed by atoms with E-state index in [2.05, 4.69) is 58.1 Å². The summed E-state index contributed by atoms with van der Waals surface area (Å²) < 4.78 is 0. The van der Waals surface area contributed by atoms with E-state index in [1.54, 1.807) is 0 Å². The Hall–Kier alpha value is -4.88. The van der Waals surface area contributed by atoms with Crippen LogP contribution in [0.4, 0.5) is 0 Å². The maximum atomic E-state index is 10.1. The van der Waals surface area contributed by atoms with Crippen LogP contribution in [0.25, 0.3) is 43.4 Å². The SMILES string of the molecule is [N-]=[N+]=C(c1ccccc1)c1cccc(C(=[N+]=[N-])c2ccc3ccc4cccc5ccc2c3c45)c1. The van der Waals surface area contributed by atoms with Crippen molar-refractivity contribution < 1.29 is 9.58 Å². The Bertz CT molecular complexity index is 1790. The first-order valence-electron chi connectivity index (χ1n) is 11.1. The largest absolute Gasteiger partial charge is 0.361 e. The summed E-state index contributed by atoms with van der Waals surface area (Å²) in [6.07, 6.45) is 0. The van der Waals surface area contributed by atoms with Crippen molar-refractivity contribution in [2.75, 3.05) is 0 Å². The molecule has 0 spiro atoms. The van der Waals surface area contributed by atoms with Crippen LogP contribution in [0.1, 0.15) is 22.3 Å². The van der Waals surface area contributed by atoms with Crippen molar-refractivity contribution in [2.24, 2.45) is 0 Å². The van der Waals surface area contributed by atoms with Crippen LogP contribution in [0.5, 0.6) is 0 Å². The average molecular weight is 435 g/mol. The van der Waals surface area contributed by atoms with E-state index in [9.17, 15) is 11.1 Å². The minimum absolute atomic E-state index is 0.454. The first-order valence-corrected chi connectivity index (χ1v) is 11.1. The number of nitrogens with zero attached hydrogens (tertiary/aromatic N) is 4. The highest BCUT2D eigenvalue weighted by molar-refractivity contribution is 6.28. The maximum absolute atomic E-state index is 10.1. The molecule has 0 saturated carbocycles. The molecule has 0 saturated heterocycles. The van der Waals surface area contributed by atoms with Gasteiger partial charge in [-0.25, -0.2) is 0 Å². The third kappa shape index (κ3) is 3.03. The maximum Gasteiger partial charge on any atom is 0.330 e. The topological polar surface area (TPSA) is 72.8 Å². The fraction of sp³-hybridized carbons (Fsp3) is 0. The monoisotopic (exact) mass is 434 g/mol. The van der Waals surface area contributed by atoms with Gasteiger partial charge in [0.2, 0.25) is 0 Å². The van der Waals surface area contributed by atoms with E-state index in [1.165, 1.54) is 16.2 Å². The number of rotatable bonds is 4. The molecule has 6 aromatic rings. The summed E-state index contributed by atoms with van der Waals surface area (Å²) in [7, 11) is 0. The van der Waals surface area contributed by atoms with Crippen molar-refractivity contribution in [1.29, 1.82) is 0 Å². The van der Waals surface area contributed by atoms with Gasteiger partial charge in [-0.3, -0.25) is 0 Å². The summed E-state index contributed by atoms with van der Waals surface area (Å²) in [6, 6.07) is 35.9. The van der Waals surface area contributed by atoms with Gasteiger partial charge in [0.15, 0.2) is 0 Å². The van der Waals surface area contributed by atoms with Crippen molar-refractivity contribution in [3.8, 4) is 0 Å². The molecule has 6 aromatic carbocycles. The van der Waals surface area contributed by atoms with Crippen molar-refractivity contribution in [3.05, 3.63) is 143 Å². The lowest BCUT2D eigenvalue weighted by molar-refractivity contribution is -0.00284. The van der Waals surface area contributed by atoms with E-state index >= 15 is 0 Å². The molecule has 158 valence electrons. The minimum Gasteiger partial charge on any atom is -0.361 e. The van der Waals surface area contributed by atoms with Crippen LogP contribution in [0.15, 0.2) is 109 Å². The predicted octanol–water partition coefficient (Wildman–Crippen LogP) is 6.72. The molecule has 0 unspecified atom stereocenters. The Balaban J connectivity index is 1.55. The summed E-state index contributed by atoms with van der Waals surface area (Å²) in [5.41, 5.74) is 23.9. The molecule has 0 atom stereocenters. The molecule has 0 N–H and O–H groups in total. The zero-order valence-electron chi connectivity index (χ0n) is 18.2. The van der Waals surface area contributed by atoms with Crippen LogP contribution in [0.3, 0.4) is 0 Å². The van der Waals surface area contributed by atoms with E-state index < -0.39 is 0 Å². The lowest BCUT2D eigenvalue weighted by Gasteiger charge is -2.12. The minimum atomic E-state index is 0.454. The average Bonchev–Trinajstić information content (AvgIpc) is 2.90. The lowest BCUT2D eigenvalue weighted by atomic mass is 9.89. The summed E-state index contributed by atoms with van der Waals surface area (Å²) in [4.78, 5) is 7.27. The van der Waals surface area contributed by atoms with Crippen LogP contribution in [0, 0.1) is 0 Å². The highest BCUT2D eigenvalue weighted by Gasteiger charge is 2.23. The molecule has 0 bridgehead atoms. The summed E-state index contributed by atoms with van der Waals surface area (Å²) >= 11 is 0. The van der Waals surface area contributed by atoms with E-state index in [0.717, 1.165) is 38.4 Å². The fourth-order valence-corrected chi connectivity index (χ4v) is 4.90. The first-order chi connectivity index (χ1) is 16.8. The highest BCUT2D eigenvalue weighted by Crippen LogP contribution is 2.36. The van der Waals surface area contributed by atoms with E-state index in [0.29, 0.717) is 11.4 Å². The van der Waals surface area contributed by atoms with Crippen LogP contribution in [-0.4, -0.2) is 21.0 Å². The number of hydrogen-bond acceptors (Lipinski definition) is 0. The second-order valence-electron chi connectivity index (χ2n) is 8.31. The molecule has 4 nitrogen and oxygen atoms in total. The molecule has 0 heterocycles. The van der Waals surface area contributed by atoms with Gasteiger partial charge in [-0.15, -0.1) is 0 Å². The Morgan fingerprint density at radius 1 is 0.471 bits per heavy atom. The van der Waals surface area contributed by atoms with Gasteiger partial charge in [-0.2, -0.15) is 9.58 Å². The predicted molar refractivity (Wildman–Crippen MR) is 137 cm³/mol. The second kappa shape index (κ2) is 7.91. The van der Waals surface area contributed by atoms with Crippen molar-refractivity contribution >= 4 is 43.7 Å². The Kier molecular flexibility index (Phi) is 4.60. The van der Waals surface area contributed by atoms with Crippen LogP contribution in [0.2, 0.25) is 0 Å². The van der Waals surface area contributed by atoms with Gasteiger partial charge in [0.25, 0.3) is 0 Å². The van der Waals surface area contributed by atoms with Crippen molar-refractivity contribution in [3.63, 3.8) is 0 Å². The van der Waals surface area contributed by atoms with Gasteiger partial charge in [0.05, 0.1) is 22.3 Å². The Morgan fingerprint density at radius 3 is 1.74 bits per heavy atom. The molecular weight excluding hydrogens is 416 g/mol. The molecule has 34 heavy (non-hydrogen) atoms. The lowest BCUT2D eigenvalue weighted by Crippen LogP contribution is -2.09. The molecule has 0 radical (unpaired) electrons. The van der Waals surface area contributed by atoms with Gasteiger partial charge in [-0.05, 0) is 68.7 Å². The number of benzene rings is 6. The first kappa shape index (κ1) is 19.8. The van der Waals surface area contributed by atoms with Crippen LogP contribution in [-0.2, 0) is 0 Å². The molecule has 0 aliphatic rings. The normalized spacial score (nSPS) is 10.9. The van der Waals surface area contributed by atoms with Gasteiger partial charge >= 0.3 is 11.4 Å². The Labute approximate surface area is 195 Å². The molecule has 4 heteroatoms. The zero-order chi connectivity index (χ0) is 23.1. The molecule has 0 fully saturated rings. The third-order valence-electron chi connectivity index (χ3n) is 6.44. The highest BCUT2D eigenvalue weighted by atomic mass is 14.9. The molecule has 0 amide bonds. The smallest absolute Gasteiger partial charge is 0.330 e.